The molecule has 0 saturated carbocycles. The van der Waals surface area contributed by atoms with Crippen LogP contribution in [0.2, 0.25) is 0 Å². The van der Waals surface area contributed by atoms with E-state index in [1.807, 2.05) is 0 Å². The number of halogens is 3. The zero-order chi connectivity index (χ0) is 15.7. The SMILES string of the molecule is Cl.O=S(=O)(Nc1ccc(F)cc1)c1ccc(F)c2ccccc12. The summed E-state index contributed by atoms with van der Waals surface area (Å²) in [5.41, 5.74) is 0.231. The van der Waals surface area contributed by atoms with Crippen LogP contribution < -0.4 is 4.72 Å². The summed E-state index contributed by atoms with van der Waals surface area (Å²) >= 11 is 0. The molecule has 0 fully saturated rings. The molecule has 0 heterocycles. The molecule has 3 aromatic rings. The van der Waals surface area contributed by atoms with Crippen molar-refractivity contribution in [2.45, 2.75) is 4.90 Å². The monoisotopic (exact) mass is 355 g/mol. The Kier molecular flexibility index (Phi) is 4.87. The summed E-state index contributed by atoms with van der Waals surface area (Å²) in [6.07, 6.45) is 0. The van der Waals surface area contributed by atoms with Crippen LogP contribution in [0, 0.1) is 11.6 Å². The van der Waals surface area contributed by atoms with E-state index in [0.717, 1.165) is 18.2 Å². The van der Waals surface area contributed by atoms with Crippen LogP contribution in [0.15, 0.2) is 65.6 Å². The average Bonchev–Trinajstić information content (AvgIpc) is 2.50. The van der Waals surface area contributed by atoms with Crippen molar-refractivity contribution < 1.29 is 17.2 Å². The van der Waals surface area contributed by atoms with Gasteiger partial charge in [-0.25, -0.2) is 17.2 Å². The Bertz CT molecular complexity index is 944. The zero-order valence-corrected chi connectivity index (χ0v) is 13.3. The van der Waals surface area contributed by atoms with Gasteiger partial charge in [-0.05, 0) is 36.4 Å². The first kappa shape index (κ1) is 17.2. The molecule has 120 valence electrons. The third-order valence-electron chi connectivity index (χ3n) is 3.22. The van der Waals surface area contributed by atoms with Crippen LogP contribution in [0.5, 0.6) is 0 Å². The van der Waals surface area contributed by atoms with Crippen molar-refractivity contribution >= 4 is 38.9 Å². The summed E-state index contributed by atoms with van der Waals surface area (Å²) in [7, 11) is -3.91. The van der Waals surface area contributed by atoms with Crippen LogP contribution >= 0.6 is 12.4 Å². The number of nitrogens with one attached hydrogen (secondary N) is 1. The topological polar surface area (TPSA) is 46.2 Å². The lowest BCUT2D eigenvalue weighted by Gasteiger charge is -2.11. The van der Waals surface area contributed by atoms with Gasteiger partial charge in [-0.15, -0.1) is 12.4 Å². The van der Waals surface area contributed by atoms with Crippen LogP contribution in [0.25, 0.3) is 10.8 Å². The molecule has 0 radical (unpaired) electrons. The van der Waals surface area contributed by atoms with Gasteiger partial charge in [-0.3, -0.25) is 4.72 Å². The lowest BCUT2D eigenvalue weighted by atomic mass is 10.1. The minimum absolute atomic E-state index is 0. The number of anilines is 1. The van der Waals surface area contributed by atoms with Crippen molar-refractivity contribution in [2.24, 2.45) is 0 Å². The van der Waals surface area contributed by atoms with Gasteiger partial charge in [-0.2, -0.15) is 0 Å². The predicted molar refractivity (Wildman–Crippen MR) is 88.4 cm³/mol. The first-order chi connectivity index (χ1) is 10.5. The number of hydrogen-bond donors (Lipinski definition) is 1. The van der Waals surface area contributed by atoms with Gasteiger partial charge in [0.25, 0.3) is 10.0 Å². The number of hydrogen-bond acceptors (Lipinski definition) is 2. The van der Waals surface area contributed by atoms with Crippen molar-refractivity contribution in [3.05, 3.63) is 72.3 Å². The maximum Gasteiger partial charge on any atom is 0.262 e. The number of rotatable bonds is 3. The molecule has 0 spiro atoms. The summed E-state index contributed by atoms with van der Waals surface area (Å²) in [5, 5.41) is 0.515. The summed E-state index contributed by atoms with van der Waals surface area (Å²) < 4.78 is 54.0. The van der Waals surface area contributed by atoms with Gasteiger partial charge in [0.05, 0.1) is 4.90 Å². The molecule has 23 heavy (non-hydrogen) atoms. The Morgan fingerprint density at radius 1 is 0.783 bits per heavy atom. The fraction of sp³-hybridized carbons (Fsp3) is 0. The summed E-state index contributed by atoms with van der Waals surface area (Å²) in [5.74, 6) is -0.952. The molecule has 7 heteroatoms. The highest BCUT2D eigenvalue weighted by Crippen LogP contribution is 2.27. The Morgan fingerprint density at radius 2 is 1.39 bits per heavy atom. The molecule has 0 aliphatic carbocycles. The summed E-state index contributed by atoms with van der Waals surface area (Å²) in [6.45, 7) is 0. The fourth-order valence-electron chi connectivity index (χ4n) is 2.20. The lowest BCUT2D eigenvalue weighted by molar-refractivity contribution is 0.601. The molecule has 0 amide bonds. The predicted octanol–water partition coefficient (Wildman–Crippen LogP) is 4.34. The average molecular weight is 356 g/mol. The van der Waals surface area contributed by atoms with E-state index in [0.29, 0.717) is 0 Å². The highest BCUT2D eigenvalue weighted by Gasteiger charge is 2.18. The van der Waals surface area contributed by atoms with Crippen molar-refractivity contribution in [3.8, 4) is 0 Å². The van der Waals surface area contributed by atoms with E-state index in [9.17, 15) is 17.2 Å². The summed E-state index contributed by atoms with van der Waals surface area (Å²) in [4.78, 5) is -0.0335. The van der Waals surface area contributed by atoms with Gasteiger partial charge in [0.15, 0.2) is 0 Å². The molecular weight excluding hydrogens is 344 g/mol. The van der Waals surface area contributed by atoms with E-state index in [2.05, 4.69) is 4.72 Å². The largest absolute Gasteiger partial charge is 0.280 e. The van der Waals surface area contributed by atoms with Crippen LogP contribution in [0.1, 0.15) is 0 Å². The summed E-state index contributed by atoms with van der Waals surface area (Å²) in [6, 6.07) is 13.6. The van der Waals surface area contributed by atoms with Crippen molar-refractivity contribution in [1.82, 2.24) is 0 Å². The molecule has 0 saturated heterocycles. The van der Waals surface area contributed by atoms with Crippen LogP contribution in [0.4, 0.5) is 14.5 Å². The second-order valence-electron chi connectivity index (χ2n) is 4.70. The Labute approximate surface area is 138 Å². The van der Waals surface area contributed by atoms with Gasteiger partial charge >= 0.3 is 0 Å². The number of benzene rings is 3. The Balaban J connectivity index is 0.00000192. The van der Waals surface area contributed by atoms with E-state index in [4.69, 9.17) is 0 Å². The maximum atomic E-state index is 13.8. The van der Waals surface area contributed by atoms with E-state index in [1.54, 1.807) is 12.1 Å². The molecule has 0 bridgehead atoms. The first-order valence-corrected chi connectivity index (χ1v) is 7.91. The molecule has 0 atom stereocenters. The van der Waals surface area contributed by atoms with Gasteiger partial charge in [0.1, 0.15) is 11.6 Å². The normalized spacial score (nSPS) is 11.0. The van der Waals surface area contributed by atoms with Crippen molar-refractivity contribution in [2.75, 3.05) is 4.72 Å². The molecule has 0 aromatic heterocycles. The molecule has 0 aliphatic rings. The van der Waals surface area contributed by atoms with Gasteiger partial charge in [0.2, 0.25) is 0 Å². The van der Waals surface area contributed by atoms with Gasteiger partial charge < -0.3 is 0 Å². The molecule has 0 unspecified atom stereocenters. The van der Waals surface area contributed by atoms with Gasteiger partial charge in [-0.1, -0.05) is 24.3 Å². The number of sulfonamides is 1. The van der Waals surface area contributed by atoms with Crippen molar-refractivity contribution in [1.29, 1.82) is 0 Å². The maximum absolute atomic E-state index is 13.8. The highest BCUT2D eigenvalue weighted by molar-refractivity contribution is 7.93. The molecule has 3 rings (SSSR count). The fourth-order valence-corrected chi connectivity index (χ4v) is 3.47. The molecule has 0 aliphatic heterocycles. The third-order valence-corrected chi connectivity index (χ3v) is 4.66. The van der Waals surface area contributed by atoms with E-state index >= 15 is 0 Å². The smallest absolute Gasteiger partial charge is 0.262 e. The van der Waals surface area contributed by atoms with E-state index in [1.165, 1.54) is 30.3 Å². The van der Waals surface area contributed by atoms with Crippen LogP contribution in [-0.4, -0.2) is 8.42 Å². The van der Waals surface area contributed by atoms with Crippen LogP contribution in [0.3, 0.4) is 0 Å². The second kappa shape index (κ2) is 6.52. The zero-order valence-electron chi connectivity index (χ0n) is 11.7. The second-order valence-corrected chi connectivity index (χ2v) is 6.35. The lowest BCUT2D eigenvalue weighted by Crippen LogP contribution is -2.13. The molecule has 1 N–H and O–H groups in total. The first-order valence-electron chi connectivity index (χ1n) is 6.43. The molecular formula is C16H12ClF2NO2S. The van der Waals surface area contributed by atoms with Gasteiger partial charge in [0, 0.05) is 16.5 Å². The van der Waals surface area contributed by atoms with E-state index in [-0.39, 0.29) is 33.8 Å². The molecule has 3 nitrogen and oxygen atoms in total. The minimum Gasteiger partial charge on any atom is -0.280 e. The number of fused-ring (bicyclic) bond motifs is 1. The Hall–Kier alpha value is -2.18. The minimum atomic E-state index is -3.91. The Morgan fingerprint density at radius 3 is 2.04 bits per heavy atom. The third kappa shape index (κ3) is 3.43. The van der Waals surface area contributed by atoms with Crippen molar-refractivity contribution in [3.63, 3.8) is 0 Å². The standard InChI is InChI=1S/C16H11F2NO2S.ClH/c17-11-5-7-12(8-6-11)19-22(20,21)16-10-9-15(18)13-3-1-2-4-14(13)16;/h1-10,19H;1H. The van der Waals surface area contributed by atoms with E-state index < -0.39 is 21.7 Å². The highest BCUT2D eigenvalue weighted by atomic mass is 35.5. The molecule has 3 aromatic carbocycles. The quantitative estimate of drug-likeness (QED) is 0.759. The van der Waals surface area contributed by atoms with Crippen LogP contribution in [-0.2, 0) is 10.0 Å².